The molecular weight excluding hydrogens is 347 g/mol. The number of hydrogen-bond donors (Lipinski definition) is 1. The van der Waals surface area contributed by atoms with Crippen LogP contribution in [0, 0.1) is 5.82 Å². The Morgan fingerprint density at radius 3 is 2.29 bits per heavy atom. The SMILES string of the molecule is C=C(c1ccc(F)cc1)c1ccccc1NC(=NCC)C(C)c1ccccc1. The molecule has 0 heterocycles. The third kappa shape index (κ3) is 4.55. The molecule has 0 aliphatic carbocycles. The third-order valence-electron chi connectivity index (χ3n) is 4.75. The summed E-state index contributed by atoms with van der Waals surface area (Å²) < 4.78 is 13.3. The number of anilines is 1. The van der Waals surface area contributed by atoms with Gasteiger partial charge in [-0.3, -0.25) is 4.99 Å². The first kappa shape index (κ1) is 19.6. The standard InChI is InChI=1S/C25H25FN2/c1-4-27-25(19(3)20-10-6-5-7-11-20)28-24-13-9-8-12-23(24)18(2)21-14-16-22(26)17-15-21/h5-17,19H,2,4H2,1,3H3,(H,27,28). The Morgan fingerprint density at radius 2 is 1.61 bits per heavy atom. The van der Waals surface area contributed by atoms with Crippen molar-refractivity contribution < 1.29 is 4.39 Å². The van der Waals surface area contributed by atoms with Gasteiger partial charge in [-0.15, -0.1) is 0 Å². The number of nitrogens with zero attached hydrogens (tertiary/aromatic N) is 1. The van der Waals surface area contributed by atoms with E-state index in [1.165, 1.54) is 17.7 Å². The minimum atomic E-state index is -0.253. The Bertz CT molecular complexity index is 959. The summed E-state index contributed by atoms with van der Waals surface area (Å²) in [6.45, 7) is 9.11. The van der Waals surface area contributed by atoms with Gasteiger partial charge in [-0.2, -0.15) is 0 Å². The van der Waals surface area contributed by atoms with Crippen LogP contribution in [0.2, 0.25) is 0 Å². The number of rotatable bonds is 6. The van der Waals surface area contributed by atoms with E-state index in [9.17, 15) is 4.39 Å². The van der Waals surface area contributed by atoms with Crippen LogP contribution in [0.15, 0.2) is 90.4 Å². The number of benzene rings is 3. The topological polar surface area (TPSA) is 24.4 Å². The average molecular weight is 372 g/mol. The number of nitrogens with one attached hydrogen (secondary N) is 1. The molecule has 0 aliphatic heterocycles. The van der Waals surface area contributed by atoms with E-state index in [1.807, 2.05) is 49.4 Å². The quantitative estimate of drug-likeness (QED) is 0.386. The molecule has 1 unspecified atom stereocenters. The van der Waals surface area contributed by atoms with E-state index >= 15 is 0 Å². The van der Waals surface area contributed by atoms with Crippen molar-refractivity contribution in [1.82, 2.24) is 0 Å². The van der Waals surface area contributed by atoms with Gasteiger partial charge in [0.2, 0.25) is 0 Å². The fourth-order valence-electron chi connectivity index (χ4n) is 3.15. The summed E-state index contributed by atoms with van der Waals surface area (Å²) in [6, 6.07) is 24.7. The van der Waals surface area contributed by atoms with E-state index in [0.29, 0.717) is 6.54 Å². The van der Waals surface area contributed by atoms with Crippen molar-refractivity contribution in [1.29, 1.82) is 0 Å². The molecule has 0 aliphatic rings. The molecule has 0 amide bonds. The van der Waals surface area contributed by atoms with Crippen LogP contribution >= 0.6 is 0 Å². The zero-order chi connectivity index (χ0) is 19.9. The molecule has 0 bridgehead atoms. The van der Waals surface area contributed by atoms with Gasteiger partial charge in [0.05, 0.1) is 0 Å². The maximum atomic E-state index is 13.3. The van der Waals surface area contributed by atoms with E-state index in [0.717, 1.165) is 28.2 Å². The predicted molar refractivity (Wildman–Crippen MR) is 117 cm³/mol. The van der Waals surface area contributed by atoms with Gasteiger partial charge in [0, 0.05) is 23.7 Å². The summed E-state index contributed by atoms with van der Waals surface area (Å²) in [5.41, 5.74) is 4.84. The Morgan fingerprint density at radius 1 is 0.964 bits per heavy atom. The fourth-order valence-corrected chi connectivity index (χ4v) is 3.15. The molecule has 3 heteroatoms. The van der Waals surface area contributed by atoms with Crippen LogP contribution in [0.4, 0.5) is 10.1 Å². The van der Waals surface area contributed by atoms with Crippen LogP contribution in [-0.2, 0) is 0 Å². The predicted octanol–water partition coefficient (Wildman–Crippen LogP) is 6.52. The van der Waals surface area contributed by atoms with Crippen LogP contribution in [0.3, 0.4) is 0 Å². The summed E-state index contributed by atoms with van der Waals surface area (Å²) in [6.07, 6.45) is 0. The Labute approximate surface area is 166 Å². The second kappa shape index (κ2) is 9.14. The molecule has 0 spiro atoms. The summed E-state index contributed by atoms with van der Waals surface area (Å²) in [5, 5.41) is 3.52. The molecule has 28 heavy (non-hydrogen) atoms. The highest BCUT2D eigenvalue weighted by molar-refractivity contribution is 6.02. The Kier molecular flexibility index (Phi) is 6.38. The highest BCUT2D eigenvalue weighted by Crippen LogP contribution is 2.29. The van der Waals surface area contributed by atoms with Crippen molar-refractivity contribution >= 4 is 17.1 Å². The average Bonchev–Trinajstić information content (AvgIpc) is 2.74. The molecule has 1 N–H and O–H groups in total. The van der Waals surface area contributed by atoms with Crippen molar-refractivity contribution in [2.45, 2.75) is 19.8 Å². The molecule has 0 saturated carbocycles. The molecule has 2 nitrogen and oxygen atoms in total. The lowest BCUT2D eigenvalue weighted by Crippen LogP contribution is -2.20. The van der Waals surface area contributed by atoms with Crippen molar-refractivity contribution in [3.63, 3.8) is 0 Å². The van der Waals surface area contributed by atoms with E-state index in [-0.39, 0.29) is 11.7 Å². The Hall–Kier alpha value is -3.20. The first-order valence-electron chi connectivity index (χ1n) is 9.50. The lowest BCUT2D eigenvalue weighted by Gasteiger charge is -2.20. The second-order valence-corrected chi connectivity index (χ2v) is 6.65. The summed E-state index contributed by atoms with van der Waals surface area (Å²) in [7, 11) is 0. The molecule has 0 radical (unpaired) electrons. The van der Waals surface area contributed by atoms with E-state index in [2.05, 4.69) is 31.0 Å². The van der Waals surface area contributed by atoms with Gasteiger partial charge in [-0.1, -0.05) is 74.2 Å². The summed E-state index contributed by atoms with van der Waals surface area (Å²) >= 11 is 0. The summed E-state index contributed by atoms with van der Waals surface area (Å²) in [5.74, 6) is 0.790. The number of aliphatic imine (C=N–C) groups is 1. The number of hydrogen-bond acceptors (Lipinski definition) is 1. The van der Waals surface area contributed by atoms with Crippen molar-refractivity contribution in [3.05, 3.63) is 108 Å². The molecule has 1 atom stereocenters. The fraction of sp³-hybridized carbons (Fsp3) is 0.160. The zero-order valence-electron chi connectivity index (χ0n) is 16.3. The van der Waals surface area contributed by atoms with Gasteiger partial charge in [0.25, 0.3) is 0 Å². The van der Waals surface area contributed by atoms with Crippen molar-refractivity contribution in [2.75, 3.05) is 11.9 Å². The molecule has 0 fully saturated rings. The van der Waals surface area contributed by atoms with Crippen molar-refractivity contribution in [3.8, 4) is 0 Å². The van der Waals surface area contributed by atoms with E-state index in [1.54, 1.807) is 12.1 Å². The largest absolute Gasteiger partial charge is 0.343 e. The van der Waals surface area contributed by atoms with Gasteiger partial charge in [-0.25, -0.2) is 4.39 Å². The summed E-state index contributed by atoms with van der Waals surface area (Å²) in [4.78, 5) is 4.71. The molecule has 142 valence electrons. The Balaban J connectivity index is 1.92. The second-order valence-electron chi connectivity index (χ2n) is 6.65. The minimum absolute atomic E-state index is 0.133. The van der Waals surface area contributed by atoms with Gasteiger partial charge in [0.1, 0.15) is 11.7 Å². The highest BCUT2D eigenvalue weighted by Gasteiger charge is 2.15. The van der Waals surface area contributed by atoms with Crippen molar-refractivity contribution in [2.24, 2.45) is 4.99 Å². The smallest absolute Gasteiger partial charge is 0.123 e. The number of amidine groups is 1. The number of para-hydroxylation sites is 1. The van der Waals surface area contributed by atoms with Gasteiger partial charge in [0.15, 0.2) is 0 Å². The van der Waals surface area contributed by atoms with Gasteiger partial charge in [-0.05, 0) is 41.8 Å². The van der Waals surface area contributed by atoms with E-state index in [4.69, 9.17) is 4.99 Å². The minimum Gasteiger partial charge on any atom is -0.343 e. The zero-order valence-corrected chi connectivity index (χ0v) is 16.3. The lowest BCUT2D eigenvalue weighted by atomic mass is 9.96. The van der Waals surface area contributed by atoms with Crippen LogP contribution < -0.4 is 5.32 Å². The first-order valence-corrected chi connectivity index (χ1v) is 9.50. The maximum Gasteiger partial charge on any atom is 0.123 e. The molecule has 0 aromatic heterocycles. The molecule has 3 aromatic carbocycles. The van der Waals surface area contributed by atoms with E-state index < -0.39 is 0 Å². The normalized spacial score (nSPS) is 12.5. The van der Waals surface area contributed by atoms with Crippen LogP contribution in [0.5, 0.6) is 0 Å². The monoisotopic (exact) mass is 372 g/mol. The molecule has 0 saturated heterocycles. The number of halogens is 1. The maximum absolute atomic E-state index is 13.3. The lowest BCUT2D eigenvalue weighted by molar-refractivity contribution is 0.627. The van der Waals surface area contributed by atoms with Crippen LogP contribution in [0.25, 0.3) is 5.57 Å². The molecular formula is C25H25FN2. The van der Waals surface area contributed by atoms with Crippen LogP contribution in [0.1, 0.15) is 36.5 Å². The molecule has 3 rings (SSSR count). The van der Waals surface area contributed by atoms with Gasteiger partial charge < -0.3 is 5.32 Å². The third-order valence-corrected chi connectivity index (χ3v) is 4.75. The van der Waals surface area contributed by atoms with Gasteiger partial charge >= 0.3 is 0 Å². The highest BCUT2D eigenvalue weighted by atomic mass is 19.1. The van der Waals surface area contributed by atoms with Crippen LogP contribution in [-0.4, -0.2) is 12.4 Å². The first-order chi connectivity index (χ1) is 13.6. The molecule has 3 aromatic rings.